The standard InChI is InChI=1S/C23H31F3N6O3/c1-14(2)35-22(23(24,25)26)12-31(13-22)16-5-7-21(8-6-16,9-10-27)32-11-17(18(28)33)19(30-32)29-20(34)15-3-4-15/h11,14-16H,3-9,12-13H2,1-2H3,(H2,28,33)(H,29,30,34)/t16-,21-. The Bertz CT molecular complexity index is 1010. The molecule has 4 rings (SSSR count). The number of likely N-dealkylation sites (tertiary alicyclic amines) is 1. The summed E-state index contributed by atoms with van der Waals surface area (Å²) in [5.41, 5.74) is 2.70. The fourth-order valence-electron chi connectivity index (χ4n) is 5.23. The third-order valence-electron chi connectivity index (χ3n) is 7.36. The van der Waals surface area contributed by atoms with Crippen LogP contribution >= 0.6 is 0 Å². The van der Waals surface area contributed by atoms with Crippen LogP contribution < -0.4 is 11.1 Å². The van der Waals surface area contributed by atoms with Crippen molar-refractivity contribution in [3.8, 4) is 6.07 Å². The Morgan fingerprint density at radius 2 is 1.91 bits per heavy atom. The number of amides is 2. The summed E-state index contributed by atoms with van der Waals surface area (Å²) in [4.78, 5) is 26.0. The summed E-state index contributed by atoms with van der Waals surface area (Å²) in [6.45, 7) is 2.77. The summed E-state index contributed by atoms with van der Waals surface area (Å²) >= 11 is 0. The monoisotopic (exact) mass is 496 g/mol. The number of carbonyl (C=O) groups excluding carboxylic acids is 2. The molecule has 12 heteroatoms. The van der Waals surface area contributed by atoms with Gasteiger partial charge in [-0.1, -0.05) is 0 Å². The van der Waals surface area contributed by atoms with Crippen molar-refractivity contribution in [2.75, 3.05) is 18.4 Å². The SMILES string of the molecule is CC(C)OC1(C(F)(F)F)CN([C@H]2CC[C@](CC#N)(n3cc(C(N)=O)c(NC(=O)C4CC4)n3)CC2)C1. The number of hydrogen-bond donors (Lipinski definition) is 2. The highest BCUT2D eigenvalue weighted by Gasteiger charge is 2.64. The fourth-order valence-corrected chi connectivity index (χ4v) is 5.23. The van der Waals surface area contributed by atoms with E-state index in [2.05, 4.69) is 16.5 Å². The Morgan fingerprint density at radius 3 is 2.40 bits per heavy atom. The minimum absolute atomic E-state index is 0.0713. The van der Waals surface area contributed by atoms with Crippen molar-refractivity contribution in [3.05, 3.63) is 11.8 Å². The number of nitrogens with zero attached hydrogens (tertiary/aromatic N) is 4. The van der Waals surface area contributed by atoms with Crippen LogP contribution in [0.5, 0.6) is 0 Å². The second kappa shape index (κ2) is 9.09. The molecule has 3 fully saturated rings. The number of primary amides is 1. The lowest BCUT2D eigenvalue weighted by Crippen LogP contribution is -2.73. The van der Waals surface area contributed by atoms with Crippen LogP contribution in [-0.4, -0.2) is 63.5 Å². The van der Waals surface area contributed by atoms with Gasteiger partial charge in [0.05, 0.1) is 24.1 Å². The molecule has 2 saturated carbocycles. The van der Waals surface area contributed by atoms with Gasteiger partial charge in [0, 0.05) is 31.2 Å². The van der Waals surface area contributed by atoms with Gasteiger partial charge in [-0.3, -0.25) is 19.2 Å². The topological polar surface area (TPSA) is 126 Å². The lowest BCUT2D eigenvalue weighted by atomic mass is 9.75. The summed E-state index contributed by atoms with van der Waals surface area (Å²) in [5.74, 6) is -0.968. The molecule has 2 heterocycles. The predicted molar refractivity (Wildman–Crippen MR) is 119 cm³/mol. The number of nitriles is 1. The van der Waals surface area contributed by atoms with E-state index in [-0.39, 0.29) is 48.8 Å². The van der Waals surface area contributed by atoms with Crippen molar-refractivity contribution in [1.82, 2.24) is 14.7 Å². The minimum Gasteiger partial charge on any atom is -0.365 e. The number of ether oxygens (including phenoxy) is 1. The Balaban J connectivity index is 1.48. The van der Waals surface area contributed by atoms with Gasteiger partial charge < -0.3 is 15.8 Å². The van der Waals surface area contributed by atoms with E-state index in [9.17, 15) is 28.0 Å². The molecule has 2 aliphatic carbocycles. The molecule has 9 nitrogen and oxygen atoms in total. The van der Waals surface area contributed by atoms with Gasteiger partial charge in [0.2, 0.25) is 5.91 Å². The molecular formula is C23H31F3N6O3. The first-order valence-electron chi connectivity index (χ1n) is 12.0. The third kappa shape index (κ3) is 4.89. The number of anilines is 1. The maximum absolute atomic E-state index is 13.7. The Labute approximate surface area is 201 Å². The molecule has 3 aliphatic rings. The number of nitrogens with two attached hydrogens (primary N) is 1. The lowest BCUT2D eigenvalue weighted by molar-refractivity contribution is -0.332. The zero-order valence-electron chi connectivity index (χ0n) is 19.9. The Morgan fingerprint density at radius 1 is 1.29 bits per heavy atom. The van der Waals surface area contributed by atoms with Gasteiger partial charge in [0.15, 0.2) is 11.4 Å². The van der Waals surface area contributed by atoms with E-state index in [1.54, 1.807) is 23.4 Å². The normalized spacial score (nSPS) is 26.7. The zero-order valence-corrected chi connectivity index (χ0v) is 19.9. The molecule has 0 radical (unpaired) electrons. The van der Waals surface area contributed by atoms with E-state index in [4.69, 9.17) is 10.5 Å². The van der Waals surface area contributed by atoms with Crippen molar-refractivity contribution >= 4 is 17.6 Å². The molecule has 1 aromatic rings. The second-order valence-corrected chi connectivity index (χ2v) is 10.3. The van der Waals surface area contributed by atoms with Crippen LogP contribution in [-0.2, 0) is 15.1 Å². The number of hydrogen-bond acceptors (Lipinski definition) is 6. The summed E-state index contributed by atoms with van der Waals surface area (Å²) < 4.78 is 47.9. The number of alkyl halides is 3. The maximum Gasteiger partial charge on any atom is 0.419 e. The first-order chi connectivity index (χ1) is 16.4. The van der Waals surface area contributed by atoms with Crippen LogP contribution in [0.2, 0.25) is 0 Å². The van der Waals surface area contributed by atoms with Gasteiger partial charge >= 0.3 is 6.18 Å². The van der Waals surface area contributed by atoms with Crippen LogP contribution in [0.1, 0.15) is 69.2 Å². The van der Waals surface area contributed by atoms with Gasteiger partial charge in [-0.2, -0.15) is 23.5 Å². The number of halogens is 3. The molecule has 1 aliphatic heterocycles. The third-order valence-corrected chi connectivity index (χ3v) is 7.36. The summed E-state index contributed by atoms with van der Waals surface area (Å²) in [6, 6.07) is 2.11. The van der Waals surface area contributed by atoms with Crippen molar-refractivity contribution in [2.45, 2.75) is 88.3 Å². The van der Waals surface area contributed by atoms with Crippen LogP contribution in [0.15, 0.2) is 6.20 Å². The van der Waals surface area contributed by atoms with Crippen molar-refractivity contribution in [1.29, 1.82) is 5.26 Å². The van der Waals surface area contributed by atoms with Crippen LogP contribution in [0, 0.1) is 17.2 Å². The van der Waals surface area contributed by atoms with E-state index in [0.29, 0.717) is 25.7 Å². The maximum atomic E-state index is 13.7. The van der Waals surface area contributed by atoms with E-state index in [1.165, 1.54) is 6.20 Å². The molecule has 0 atom stereocenters. The predicted octanol–water partition coefficient (Wildman–Crippen LogP) is 2.92. The van der Waals surface area contributed by atoms with Crippen molar-refractivity contribution in [3.63, 3.8) is 0 Å². The highest BCUT2D eigenvalue weighted by Crippen LogP contribution is 2.46. The molecule has 0 aromatic carbocycles. The molecule has 0 unspecified atom stereocenters. The summed E-state index contributed by atoms with van der Waals surface area (Å²) in [6.07, 6.45) is 0.259. The fraction of sp³-hybridized carbons (Fsp3) is 0.739. The number of nitrogens with one attached hydrogen (secondary N) is 1. The van der Waals surface area contributed by atoms with Gasteiger partial charge in [-0.25, -0.2) is 0 Å². The van der Waals surface area contributed by atoms with Gasteiger partial charge in [-0.05, 0) is 52.4 Å². The van der Waals surface area contributed by atoms with Gasteiger partial charge in [0.1, 0.15) is 5.56 Å². The molecule has 1 aromatic heterocycles. The molecular weight excluding hydrogens is 465 g/mol. The molecule has 2 amide bonds. The van der Waals surface area contributed by atoms with Crippen LogP contribution in [0.4, 0.5) is 19.0 Å². The quantitative estimate of drug-likeness (QED) is 0.570. The molecule has 1 saturated heterocycles. The molecule has 192 valence electrons. The van der Waals surface area contributed by atoms with Crippen molar-refractivity contribution < 1.29 is 27.5 Å². The lowest BCUT2D eigenvalue weighted by Gasteiger charge is -2.55. The van der Waals surface area contributed by atoms with Gasteiger partial charge in [-0.15, -0.1) is 0 Å². The second-order valence-electron chi connectivity index (χ2n) is 10.3. The Kier molecular flexibility index (Phi) is 6.61. The van der Waals surface area contributed by atoms with Crippen molar-refractivity contribution in [2.24, 2.45) is 11.7 Å². The summed E-state index contributed by atoms with van der Waals surface area (Å²) in [5, 5.41) is 16.6. The number of rotatable bonds is 8. The molecule has 3 N–H and O–H groups in total. The van der Waals surface area contributed by atoms with Crippen LogP contribution in [0.25, 0.3) is 0 Å². The van der Waals surface area contributed by atoms with E-state index in [0.717, 1.165) is 12.8 Å². The van der Waals surface area contributed by atoms with Gasteiger partial charge in [0.25, 0.3) is 5.91 Å². The first kappa shape index (κ1) is 25.4. The Hall–Kier alpha value is -2.65. The molecule has 0 spiro atoms. The number of aromatic nitrogens is 2. The summed E-state index contributed by atoms with van der Waals surface area (Å²) in [7, 11) is 0. The van der Waals surface area contributed by atoms with Crippen LogP contribution in [0.3, 0.4) is 0 Å². The highest BCUT2D eigenvalue weighted by molar-refractivity contribution is 6.02. The highest BCUT2D eigenvalue weighted by atomic mass is 19.4. The average Bonchev–Trinajstić information content (AvgIpc) is 3.50. The molecule has 35 heavy (non-hydrogen) atoms. The minimum atomic E-state index is -4.45. The first-order valence-corrected chi connectivity index (χ1v) is 12.0. The smallest absolute Gasteiger partial charge is 0.365 e. The molecule has 0 bridgehead atoms. The zero-order chi connectivity index (χ0) is 25.6. The average molecular weight is 497 g/mol. The van der Waals surface area contributed by atoms with E-state index >= 15 is 0 Å². The van der Waals surface area contributed by atoms with E-state index < -0.39 is 29.3 Å². The largest absolute Gasteiger partial charge is 0.419 e. The number of carbonyl (C=O) groups is 2. The van der Waals surface area contributed by atoms with E-state index in [1.807, 2.05) is 0 Å².